The molecule has 2 N–H and O–H groups in total. The molecule has 9 heteroatoms. The zero-order chi connectivity index (χ0) is 15.8. The third kappa shape index (κ3) is 3.04. The van der Waals surface area contributed by atoms with Gasteiger partial charge in [-0.3, -0.25) is 4.79 Å². The Balaban J connectivity index is 2.34. The summed E-state index contributed by atoms with van der Waals surface area (Å²) in [5.74, 6) is -1.90. The second kappa shape index (κ2) is 5.90. The topological polar surface area (TPSA) is 89.7 Å². The van der Waals surface area contributed by atoms with E-state index in [1.807, 2.05) is 0 Å². The lowest BCUT2D eigenvalue weighted by atomic mass is 10.1. The molecule has 0 saturated carbocycles. The number of sulfonamides is 1. The van der Waals surface area contributed by atoms with Gasteiger partial charge in [0.25, 0.3) is 0 Å². The van der Waals surface area contributed by atoms with E-state index >= 15 is 0 Å². The SMILES string of the molecule is COC(=O)C1CCN(S(=O)(=O)c2cc(N)cc(Br)c2F)C1. The van der Waals surface area contributed by atoms with Gasteiger partial charge in [0.2, 0.25) is 10.0 Å². The highest BCUT2D eigenvalue weighted by Gasteiger charge is 2.38. The van der Waals surface area contributed by atoms with Crippen LogP contribution >= 0.6 is 15.9 Å². The average Bonchev–Trinajstić information content (AvgIpc) is 2.92. The summed E-state index contributed by atoms with van der Waals surface area (Å²) in [6, 6.07) is 2.36. The Bertz CT molecular complexity index is 680. The summed E-state index contributed by atoms with van der Waals surface area (Å²) in [6.45, 7) is 0.106. The lowest BCUT2D eigenvalue weighted by Gasteiger charge is -2.17. The first kappa shape index (κ1) is 16.2. The van der Waals surface area contributed by atoms with Crippen molar-refractivity contribution >= 4 is 37.6 Å². The fraction of sp³-hybridized carbons (Fsp3) is 0.417. The lowest BCUT2D eigenvalue weighted by molar-refractivity contribution is -0.144. The third-order valence-corrected chi connectivity index (χ3v) is 5.76. The number of carbonyl (C=O) groups excluding carboxylic acids is 1. The first-order chi connectivity index (χ1) is 9.77. The maximum absolute atomic E-state index is 14.1. The van der Waals surface area contributed by atoms with Crippen molar-refractivity contribution in [3.8, 4) is 0 Å². The van der Waals surface area contributed by atoms with Gasteiger partial charge in [-0.2, -0.15) is 4.31 Å². The molecule has 1 heterocycles. The highest BCUT2D eigenvalue weighted by molar-refractivity contribution is 9.10. The van der Waals surface area contributed by atoms with Crippen molar-refractivity contribution < 1.29 is 22.3 Å². The molecular weight excluding hydrogens is 367 g/mol. The van der Waals surface area contributed by atoms with Crippen molar-refractivity contribution in [3.63, 3.8) is 0 Å². The molecule has 1 aliphatic heterocycles. The van der Waals surface area contributed by atoms with Crippen molar-refractivity contribution in [1.29, 1.82) is 0 Å². The molecule has 1 fully saturated rings. The van der Waals surface area contributed by atoms with Crippen LogP contribution in [0.15, 0.2) is 21.5 Å². The number of carbonyl (C=O) groups is 1. The molecule has 1 unspecified atom stereocenters. The highest BCUT2D eigenvalue weighted by atomic mass is 79.9. The Morgan fingerprint density at radius 3 is 2.81 bits per heavy atom. The maximum atomic E-state index is 14.1. The second-order valence-corrected chi connectivity index (χ2v) is 7.45. The number of methoxy groups -OCH3 is 1. The number of hydrogen-bond acceptors (Lipinski definition) is 5. The van der Waals surface area contributed by atoms with E-state index in [1.165, 1.54) is 13.2 Å². The molecule has 0 amide bonds. The van der Waals surface area contributed by atoms with E-state index in [4.69, 9.17) is 5.73 Å². The number of ether oxygens (including phenoxy) is 1. The molecule has 1 aromatic carbocycles. The molecule has 0 aliphatic carbocycles. The third-order valence-electron chi connectivity index (χ3n) is 3.32. The van der Waals surface area contributed by atoms with Crippen LogP contribution < -0.4 is 5.73 Å². The summed E-state index contributed by atoms with van der Waals surface area (Å²) in [7, 11) is -2.80. The standard InChI is InChI=1S/C12H14BrFN2O4S/c1-20-12(17)7-2-3-16(6-7)21(18,19)10-5-8(15)4-9(13)11(10)14/h4-5,7H,2-3,6,15H2,1H3. The molecule has 0 radical (unpaired) electrons. The molecule has 1 aliphatic rings. The van der Waals surface area contributed by atoms with Crippen LogP contribution in [-0.2, 0) is 19.6 Å². The summed E-state index contributed by atoms with van der Waals surface area (Å²) in [4.78, 5) is 11.0. The lowest BCUT2D eigenvalue weighted by Crippen LogP contribution is -2.31. The number of halogens is 2. The summed E-state index contributed by atoms with van der Waals surface area (Å²) in [5.41, 5.74) is 5.70. The number of hydrogen-bond donors (Lipinski definition) is 1. The molecule has 21 heavy (non-hydrogen) atoms. The number of nitrogens with zero attached hydrogens (tertiary/aromatic N) is 1. The van der Waals surface area contributed by atoms with Crippen LogP contribution in [0.2, 0.25) is 0 Å². The van der Waals surface area contributed by atoms with Crippen molar-refractivity contribution in [2.75, 3.05) is 25.9 Å². The number of nitrogen functional groups attached to an aromatic ring is 1. The van der Waals surface area contributed by atoms with Crippen LogP contribution in [0.5, 0.6) is 0 Å². The number of benzene rings is 1. The molecule has 6 nitrogen and oxygen atoms in total. The predicted octanol–water partition coefficient (Wildman–Crippen LogP) is 1.35. The fourth-order valence-electron chi connectivity index (χ4n) is 2.22. The van der Waals surface area contributed by atoms with E-state index in [0.717, 1.165) is 10.4 Å². The van der Waals surface area contributed by atoms with Crippen LogP contribution in [0.3, 0.4) is 0 Å². The van der Waals surface area contributed by atoms with Gasteiger partial charge >= 0.3 is 5.97 Å². The Morgan fingerprint density at radius 2 is 2.19 bits per heavy atom. The van der Waals surface area contributed by atoms with Crippen LogP contribution in [0.4, 0.5) is 10.1 Å². The van der Waals surface area contributed by atoms with Gasteiger partial charge in [-0.05, 0) is 34.5 Å². The quantitative estimate of drug-likeness (QED) is 0.631. The summed E-state index contributed by atoms with van der Waals surface area (Å²) in [6.07, 6.45) is 0.344. The first-order valence-corrected chi connectivity index (χ1v) is 8.33. The van der Waals surface area contributed by atoms with Gasteiger partial charge in [0, 0.05) is 18.8 Å². The summed E-state index contributed by atoms with van der Waals surface area (Å²) < 4.78 is 44.6. The van der Waals surface area contributed by atoms with Crippen molar-refractivity contribution in [2.45, 2.75) is 11.3 Å². The minimum Gasteiger partial charge on any atom is -0.469 e. The molecule has 116 valence electrons. The van der Waals surface area contributed by atoms with Gasteiger partial charge in [0.15, 0.2) is 5.82 Å². The van der Waals surface area contributed by atoms with Gasteiger partial charge in [-0.1, -0.05) is 0 Å². The van der Waals surface area contributed by atoms with E-state index < -0.39 is 32.6 Å². The Hall–Kier alpha value is -1.19. The zero-order valence-electron chi connectivity index (χ0n) is 11.2. The van der Waals surface area contributed by atoms with Gasteiger partial charge < -0.3 is 10.5 Å². The zero-order valence-corrected chi connectivity index (χ0v) is 13.6. The Morgan fingerprint density at radius 1 is 1.52 bits per heavy atom. The van der Waals surface area contributed by atoms with Crippen LogP contribution in [0.25, 0.3) is 0 Å². The highest BCUT2D eigenvalue weighted by Crippen LogP contribution is 2.31. The molecule has 0 spiro atoms. The van der Waals surface area contributed by atoms with Crippen LogP contribution in [0, 0.1) is 11.7 Å². The van der Waals surface area contributed by atoms with Crippen molar-refractivity contribution in [2.24, 2.45) is 5.92 Å². The van der Waals surface area contributed by atoms with Crippen molar-refractivity contribution in [1.82, 2.24) is 4.31 Å². The second-order valence-electron chi connectivity index (χ2n) is 4.69. The Kier molecular flexibility index (Phi) is 4.54. The predicted molar refractivity (Wildman–Crippen MR) is 77.4 cm³/mol. The fourth-order valence-corrected chi connectivity index (χ4v) is 4.45. The van der Waals surface area contributed by atoms with E-state index in [1.54, 1.807) is 0 Å². The smallest absolute Gasteiger partial charge is 0.310 e. The number of rotatable bonds is 3. The Labute approximate surface area is 130 Å². The van der Waals surface area contributed by atoms with Gasteiger partial charge in [-0.15, -0.1) is 0 Å². The minimum absolute atomic E-state index is 0.0233. The van der Waals surface area contributed by atoms with E-state index in [2.05, 4.69) is 20.7 Å². The summed E-state index contributed by atoms with van der Waals surface area (Å²) >= 11 is 2.93. The van der Waals surface area contributed by atoms with Gasteiger partial charge in [0.05, 0.1) is 17.5 Å². The maximum Gasteiger partial charge on any atom is 0.310 e. The largest absolute Gasteiger partial charge is 0.469 e. The molecule has 1 aromatic rings. The molecule has 2 rings (SSSR count). The molecule has 1 atom stereocenters. The van der Waals surface area contributed by atoms with E-state index in [0.29, 0.717) is 6.42 Å². The van der Waals surface area contributed by atoms with Crippen molar-refractivity contribution in [3.05, 3.63) is 22.4 Å². The number of anilines is 1. The van der Waals surface area contributed by atoms with E-state index in [9.17, 15) is 17.6 Å². The minimum atomic E-state index is -4.05. The number of nitrogens with two attached hydrogens (primary N) is 1. The molecule has 0 bridgehead atoms. The van der Waals surface area contributed by atoms with Crippen LogP contribution in [0.1, 0.15) is 6.42 Å². The first-order valence-electron chi connectivity index (χ1n) is 6.10. The number of esters is 1. The average molecular weight is 381 g/mol. The molecular formula is C12H14BrFN2O4S. The molecule has 0 aromatic heterocycles. The van der Waals surface area contributed by atoms with E-state index in [-0.39, 0.29) is 23.2 Å². The van der Waals surface area contributed by atoms with Gasteiger partial charge in [-0.25, -0.2) is 12.8 Å². The summed E-state index contributed by atoms with van der Waals surface area (Å²) in [5, 5.41) is 0. The van der Waals surface area contributed by atoms with Gasteiger partial charge in [0.1, 0.15) is 4.90 Å². The van der Waals surface area contributed by atoms with Crippen LogP contribution in [-0.4, -0.2) is 38.9 Å². The monoisotopic (exact) mass is 380 g/mol. The normalized spacial score (nSPS) is 19.7. The molecule has 1 saturated heterocycles.